The van der Waals surface area contributed by atoms with Crippen LogP contribution in [0.25, 0.3) is 11.1 Å². The number of alkyl carbamates (subject to hydrolysis) is 1. The summed E-state index contributed by atoms with van der Waals surface area (Å²) in [6, 6.07) is 6.60. The Morgan fingerprint density at radius 3 is 2.56 bits per heavy atom. The molecule has 0 fully saturated rings. The van der Waals surface area contributed by atoms with Crippen molar-refractivity contribution >= 4 is 27.3 Å². The number of nitrogens with zero attached hydrogens (tertiary/aromatic N) is 1. The number of hydrogen-bond acceptors (Lipinski definition) is 7. The predicted octanol–water partition coefficient (Wildman–Crippen LogP) is 3.91. The molecule has 0 saturated heterocycles. The van der Waals surface area contributed by atoms with E-state index in [1.54, 1.807) is 0 Å². The summed E-state index contributed by atoms with van der Waals surface area (Å²) >= 11 is 0.858. The molecule has 170 valence electrons. The average Bonchev–Trinajstić information content (AvgIpc) is 3.16. The molecule has 0 aliphatic heterocycles. The SMILES string of the molecule is CNC(=O)OC(c1cc(-c2cccnc2F)c(S(=O)(=O)c2cc[nH]c(=O)c2)s1)C(C)(C)C. The van der Waals surface area contributed by atoms with E-state index in [1.165, 1.54) is 43.7 Å². The van der Waals surface area contributed by atoms with Gasteiger partial charge in [-0.05, 0) is 24.3 Å². The van der Waals surface area contributed by atoms with Crippen molar-refractivity contribution in [2.45, 2.75) is 36.0 Å². The molecule has 0 radical (unpaired) electrons. The molecule has 0 bridgehead atoms. The molecule has 3 aromatic heterocycles. The first kappa shape index (κ1) is 23.6. The molecule has 3 rings (SSSR count). The van der Waals surface area contributed by atoms with Crippen LogP contribution < -0.4 is 10.9 Å². The van der Waals surface area contributed by atoms with Gasteiger partial charge >= 0.3 is 6.09 Å². The minimum atomic E-state index is -4.20. The molecule has 8 nitrogen and oxygen atoms in total. The van der Waals surface area contributed by atoms with Gasteiger partial charge in [0.15, 0.2) is 0 Å². The van der Waals surface area contributed by atoms with E-state index in [-0.39, 0.29) is 20.2 Å². The molecule has 11 heteroatoms. The fraction of sp³-hybridized carbons (Fsp3) is 0.286. The van der Waals surface area contributed by atoms with Crippen molar-refractivity contribution in [2.24, 2.45) is 5.41 Å². The molecular weight excluding hydrogens is 457 g/mol. The van der Waals surface area contributed by atoms with Crippen molar-refractivity contribution in [2.75, 3.05) is 7.05 Å². The average molecular weight is 480 g/mol. The van der Waals surface area contributed by atoms with Crippen LogP contribution in [0, 0.1) is 11.4 Å². The zero-order chi connectivity index (χ0) is 23.7. The first-order chi connectivity index (χ1) is 14.9. The van der Waals surface area contributed by atoms with E-state index in [4.69, 9.17) is 4.74 Å². The van der Waals surface area contributed by atoms with Crippen molar-refractivity contribution in [3.05, 3.63) is 63.9 Å². The van der Waals surface area contributed by atoms with E-state index in [0.717, 1.165) is 17.4 Å². The van der Waals surface area contributed by atoms with Crippen molar-refractivity contribution in [1.82, 2.24) is 15.3 Å². The van der Waals surface area contributed by atoms with Gasteiger partial charge in [-0.2, -0.15) is 4.39 Å². The lowest BCUT2D eigenvalue weighted by Gasteiger charge is -2.29. The molecule has 1 atom stereocenters. The largest absolute Gasteiger partial charge is 0.440 e. The smallest absolute Gasteiger partial charge is 0.407 e. The maximum absolute atomic E-state index is 14.6. The van der Waals surface area contributed by atoms with Gasteiger partial charge in [-0.3, -0.25) is 4.79 Å². The number of carbonyl (C=O) groups is 1. The van der Waals surface area contributed by atoms with Crippen molar-refractivity contribution in [3.8, 4) is 11.1 Å². The molecule has 32 heavy (non-hydrogen) atoms. The number of pyridine rings is 2. The number of halogens is 1. The second kappa shape index (κ2) is 8.83. The van der Waals surface area contributed by atoms with E-state index < -0.39 is 39.0 Å². The van der Waals surface area contributed by atoms with Crippen LogP contribution in [-0.4, -0.2) is 31.5 Å². The Kier molecular flexibility index (Phi) is 6.51. The van der Waals surface area contributed by atoms with E-state index in [1.807, 2.05) is 20.8 Å². The fourth-order valence-corrected chi connectivity index (χ4v) is 6.40. The van der Waals surface area contributed by atoms with Crippen LogP contribution >= 0.6 is 11.3 Å². The van der Waals surface area contributed by atoms with Crippen molar-refractivity contribution in [3.63, 3.8) is 0 Å². The highest BCUT2D eigenvalue weighted by Gasteiger charge is 2.35. The van der Waals surface area contributed by atoms with E-state index in [0.29, 0.717) is 4.88 Å². The number of ether oxygens (including phenoxy) is 1. The van der Waals surface area contributed by atoms with Gasteiger partial charge in [-0.1, -0.05) is 20.8 Å². The Labute approximate surface area is 188 Å². The fourth-order valence-electron chi connectivity index (χ4n) is 3.02. The van der Waals surface area contributed by atoms with Gasteiger partial charge in [0.2, 0.25) is 21.3 Å². The van der Waals surface area contributed by atoms with Crippen LogP contribution in [0.3, 0.4) is 0 Å². The van der Waals surface area contributed by atoms with E-state index in [2.05, 4.69) is 15.3 Å². The summed E-state index contributed by atoms with van der Waals surface area (Å²) in [5.74, 6) is -0.848. The van der Waals surface area contributed by atoms with Crippen LogP contribution in [0.2, 0.25) is 0 Å². The second-order valence-corrected chi connectivity index (χ2v) is 11.2. The van der Waals surface area contributed by atoms with Crippen LogP contribution in [0.1, 0.15) is 31.8 Å². The Balaban J connectivity index is 2.29. The van der Waals surface area contributed by atoms with Crippen LogP contribution in [0.15, 0.2) is 56.6 Å². The summed E-state index contributed by atoms with van der Waals surface area (Å²) in [4.78, 5) is 29.8. The highest BCUT2D eigenvalue weighted by atomic mass is 32.2. The number of amides is 1. The highest BCUT2D eigenvalue weighted by molar-refractivity contribution is 7.93. The Hall–Kier alpha value is -3.05. The lowest BCUT2D eigenvalue weighted by Crippen LogP contribution is -2.28. The molecule has 3 heterocycles. The Bertz CT molecular complexity index is 1310. The van der Waals surface area contributed by atoms with Crippen LogP contribution in [0.5, 0.6) is 0 Å². The van der Waals surface area contributed by atoms with Gasteiger partial charge in [-0.15, -0.1) is 11.3 Å². The lowest BCUT2D eigenvalue weighted by molar-refractivity contribution is 0.0338. The molecule has 3 aromatic rings. The normalized spacial score (nSPS) is 12.9. The van der Waals surface area contributed by atoms with Gasteiger partial charge in [0.05, 0.1) is 4.90 Å². The quantitative estimate of drug-likeness (QED) is 0.536. The zero-order valence-electron chi connectivity index (χ0n) is 17.8. The zero-order valence-corrected chi connectivity index (χ0v) is 19.4. The van der Waals surface area contributed by atoms with E-state index >= 15 is 0 Å². The number of thiophene rings is 1. The third kappa shape index (κ3) is 4.73. The van der Waals surface area contributed by atoms with Gasteiger partial charge in [0.25, 0.3) is 0 Å². The number of rotatable bonds is 5. The summed E-state index contributed by atoms with van der Waals surface area (Å²) in [7, 11) is -2.79. The number of aromatic nitrogens is 2. The van der Waals surface area contributed by atoms with Gasteiger partial charge in [0, 0.05) is 46.9 Å². The highest BCUT2D eigenvalue weighted by Crippen LogP contribution is 2.46. The monoisotopic (exact) mass is 479 g/mol. The molecule has 0 aliphatic rings. The van der Waals surface area contributed by atoms with Gasteiger partial charge in [0.1, 0.15) is 10.3 Å². The second-order valence-electron chi connectivity index (χ2n) is 7.99. The topological polar surface area (TPSA) is 118 Å². The predicted molar refractivity (Wildman–Crippen MR) is 118 cm³/mol. The number of aromatic amines is 1. The summed E-state index contributed by atoms with van der Waals surface area (Å²) in [6.45, 7) is 5.49. The van der Waals surface area contributed by atoms with Gasteiger partial charge < -0.3 is 15.0 Å². The molecule has 0 saturated carbocycles. The molecule has 2 N–H and O–H groups in total. The summed E-state index contributed by atoms with van der Waals surface area (Å²) in [6.07, 6.45) is 0.963. The number of carbonyl (C=O) groups excluding carboxylic acids is 1. The molecular formula is C21H22FN3O5S2. The molecule has 0 spiro atoms. The molecule has 0 aromatic carbocycles. The van der Waals surface area contributed by atoms with Crippen LogP contribution in [0.4, 0.5) is 9.18 Å². The maximum atomic E-state index is 14.6. The number of nitrogens with one attached hydrogen (secondary N) is 2. The minimum absolute atomic E-state index is 0.0222. The number of sulfone groups is 1. The Morgan fingerprint density at radius 2 is 1.97 bits per heavy atom. The number of hydrogen-bond donors (Lipinski definition) is 2. The van der Waals surface area contributed by atoms with Crippen molar-refractivity contribution < 1.29 is 22.3 Å². The van der Waals surface area contributed by atoms with E-state index in [9.17, 15) is 22.4 Å². The first-order valence-corrected chi connectivity index (χ1v) is 11.8. The molecule has 1 unspecified atom stereocenters. The number of H-pyrrole nitrogens is 1. The summed E-state index contributed by atoms with van der Waals surface area (Å²) < 4.78 is 46.8. The first-order valence-electron chi connectivity index (χ1n) is 9.52. The summed E-state index contributed by atoms with van der Waals surface area (Å²) in [5.41, 5.74) is -1.14. The third-order valence-electron chi connectivity index (χ3n) is 4.54. The minimum Gasteiger partial charge on any atom is -0.440 e. The van der Waals surface area contributed by atoms with Crippen molar-refractivity contribution in [1.29, 1.82) is 0 Å². The molecule has 0 aliphatic carbocycles. The summed E-state index contributed by atoms with van der Waals surface area (Å²) in [5, 5.41) is 2.38. The molecule has 1 amide bonds. The maximum Gasteiger partial charge on any atom is 0.407 e. The standard InChI is InChI=1S/C21H22FN3O5S2/c1-21(2,3)17(30-20(27)23-4)15-11-14(13-6-5-8-25-18(13)22)19(31-15)32(28,29)12-7-9-24-16(26)10-12/h5-11,17H,1-4H3,(H,23,27)(H,24,26). The lowest BCUT2D eigenvalue weighted by atomic mass is 9.87. The third-order valence-corrected chi connectivity index (χ3v) is 8.01. The Morgan fingerprint density at radius 1 is 1.25 bits per heavy atom. The van der Waals surface area contributed by atoms with Gasteiger partial charge in [-0.25, -0.2) is 18.2 Å². The van der Waals surface area contributed by atoms with Crippen LogP contribution in [-0.2, 0) is 14.6 Å².